The van der Waals surface area contributed by atoms with Crippen molar-refractivity contribution in [2.75, 3.05) is 41.9 Å². The third kappa shape index (κ3) is 13.0. The molecule has 1 amide bonds. The van der Waals surface area contributed by atoms with Crippen molar-refractivity contribution in [3.63, 3.8) is 0 Å². The number of carbonyl (C=O) groups is 2. The summed E-state index contributed by atoms with van der Waals surface area (Å²) in [5, 5.41) is 2.35. The molecule has 2 aliphatic rings. The first-order chi connectivity index (χ1) is 29.6. The first kappa shape index (κ1) is 50.0. The van der Waals surface area contributed by atoms with Crippen molar-refractivity contribution < 1.29 is 92.9 Å². The number of ether oxygens (including phenoxy) is 2. The molecule has 1 unspecified atom stereocenters. The van der Waals surface area contributed by atoms with E-state index in [4.69, 9.17) is 13.9 Å². The number of anilines is 1. The summed E-state index contributed by atoms with van der Waals surface area (Å²) in [5.74, 6) is -4.48. The number of hydrogen-bond donors (Lipinski definition) is 6. The molecule has 2 heterocycles. The zero-order valence-corrected chi connectivity index (χ0v) is 37.5. The first-order valence-corrected chi connectivity index (χ1v) is 26.4. The lowest BCUT2D eigenvalue weighted by Crippen LogP contribution is -2.49. The van der Waals surface area contributed by atoms with Crippen molar-refractivity contribution in [2.45, 2.75) is 48.9 Å². The van der Waals surface area contributed by atoms with Crippen LogP contribution in [0.15, 0.2) is 91.9 Å². The van der Waals surface area contributed by atoms with Gasteiger partial charge in [0.1, 0.15) is 0 Å². The molecule has 0 bridgehead atoms. The largest absolute Gasteiger partial charge is 0.465 e. The second-order valence-electron chi connectivity index (χ2n) is 14.3. The summed E-state index contributed by atoms with van der Waals surface area (Å²) in [6.45, 7) is 0.403. The first-order valence-electron chi connectivity index (χ1n) is 18.7. The Bertz CT molecular complexity index is 3050. The Hall–Kier alpha value is -5.04. The minimum absolute atomic E-state index is 0.0433. The minimum atomic E-state index is -4.70. The van der Waals surface area contributed by atoms with Gasteiger partial charge in [0, 0.05) is 37.7 Å². The number of carbonyl (C=O) groups excluding carboxylic acids is 2. The van der Waals surface area contributed by atoms with Gasteiger partial charge in [-0.1, -0.05) is 12.2 Å². The highest BCUT2D eigenvalue weighted by Gasteiger charge is 2.49. The molecule has 2 aromatic carbocycles. The molecule has 0 saturated heterocycles. The average Bonchev–Trinajstić information content (AvgIpc) is 3.70. The summed E-state index contributed by atoms with van der Waals surface area (Å²) in [5.41, 5.74) is -1.33. The fourth-order valence-electron chi connectivity index (χ4n) is 6.81. The van der Waals surface area contributed by atoms with Gasteiger partial charge < -0.3 is 24.1 Å². The third-order valence-electron chi connectivity index (χ3n) is 9.58. The van der Waals surface area contributed by atoms with Crippen LogP contribution >= 0.6 is 0 Å². The van der Waals surface area contributed by atoms with Gasteiger partial charge in [0.2, 0.25) is 17.4 Å². The van der Waals surface area contributed by atoms with Crippen molar-refractivity contribution >= 4 is 85.3 Å². The van der Waals surface area contributed by atoms with Gasteiger partial charge >= 0.3 is 11.9 Å². The number of fused-ring (bicyclic) bond motifs is 2. The summed E-state index contributed by atoms with van der Waals surface area (Å²) >= 11 is 0. The van der Waals surface area contributed by atoms with E-state index in [1.54, 1.807) is 0 Å². The van der Waals surface area contributed by atoms with Crippen LogP contribution in [0.2, 0.25) is 0 Å². The molecule has 0 saturated carbocycles. The summed E-state index contributed by atoms with van der Waals surface area (Å²) in [6, 6.07) is 6.72. The number of nitrogens with zero attached hydrogens (tertiary/aromatic N) is 2. The lowest BCUT2D eigenvalue weighted by Gasteiger charge is -2.34. The molecule has 6 N–H and O–H groups in total. The number of hydrogen-bond acceptors (Lipinski definition) is 16. The number of aromatic nitrogens is 1. The molecular weight excluding hydrogens is 955 g/mol. The molecule has 0 spiro atoms. The van der Waals surface area contributed by atoms with Gasteiger partial charge in [0.15, 0.2) is 17.7 Å². The Labute approximate surface area is 367 Å². The van der Waals surface area contributed by atoms with Crippen molar-refractivity contribution in [3.05, 3.63) is 83.6 Å². The predicted octanol–water partition coefficient (Wildman–Crippen LogP) is 1.72. The monoisotopic (exact) mass is 996 g/mol. The van der Waals surface area contributed by atoms with Crippen LogP contribution < -0.4 is 19.5 Å². The lowest BCUT2D eigenvalue weighted by atomic mass is 9.71. The van der Waals surface area contributed by atoms with Crippen molar-refractivity contribution in [2.24, 2.45) is 5.41 Å². The maximum atomic E-state index is 14.0. The Morgan fingerprint density at radius 1 is 0.812 bits per heavy atom. The Kier molecular flexibility index (Phi) is 15.0. The fraction of sp³-hybridized carbons (Fsp3) is 0.361. The van der Waals surface area contributed by atoms with Gasteiger partial charge in [-0.05, 0) is 67.7 Å². The van der Waals surface area contributed by atoms with E-state index < -0.39 is 114 Å². The third-order valence-corrected chi connectivity index (χ3v) is 13.6. The van der Waals surface area contributed by atoms with Crippen LogP contribution in [0.25, 0.3) is 17.2 Å². The quantitative estimate of drug-likeness (QED) is 0.0431. The zero-order valence-electron chi connectivity index (χ0n) is 33.4. The molecule has 3 aromatic rings. The van der Waals surface area contributed by atoms with Gasteiger partial charge in [-0.2, -0.15) is 46.7 Å². The number of esters is 1. The molecule has 1 atom stereocenters. The highest BCUT2D eigenvalue weighted by Crippen LogP contribution is 2.43. The van der Waals surface area contributed by atoms with Crippen LogP contribution in [0.1, 0.15) is 38.5 Å². The molecule has 350 valence electrons. The number of rotatable bonds is 19. The van der Waals surface area contributed by atoms with E-state index in [1.165, 1.54) is 58.9 Å². The summed E-state index contributed by atoms with van der Waals surface area (Å²) in [6.07, 6.45) is 5.84. The average molecular weight is 997 g/mol. The van der Waals surface area contributed by atoms with E-state index >= 15 is 0 Å². The normalized spacial score (nSPS) is 18.7. The molecule has 1 aromatic heterocycles. The maximum Gasteiger partial charge on any atom is 0.374 e. The van der Waals surface area contributed by atoms with Crippen molar-refractivity contribution in [1.82, 2.24) is 5.32 Å². The highest BCUT2D eigenvalue weighted by atomic mass is 32.2. The van der Waals surface area contributed by atoms with Crippen LogP contribution in [0.4, 0.5) is 5.69 Å². The summed E-state index contributed by atoms with van der Waals surface area (Å²) in [4.78, 5) is 28.3. The molecule has 28 heteroatoms. The molecule has 0 fully saturated rings. The molecule has 23 nitrogen and oxygen atoms in total. The van der Waals surface area contributed by atoms with Crippen LogP contribution in [0, 0.1) is 5.41 Å². The summed E-state index contributed by atoms with van der Waals surface area (Å²) in [7, 11) is -22.8. The van der Waals surface area contributed by atoms with Crippen molar-refractivity contribution in [1.29, 1.82) is 0 Å². The van der Waals surface area contributed by atoms with Crippen molar-refractivity contribution in [3.8, 4) is 5.75 Å². The Morgan fingerprint density at radius 3 is 2.06 bits per heavy atom. The topological polar surface area (TPSA) is 357 Å². The number of aryl methyl sites for hydroxylation is 1. The van der Waals surface area contributed by atoms with Gasteiger partial charge in [-0.25, -0.2) is 0 Å². The molecule has 1 aliphatic heterocycles. The van der Waals surface area contributed by atoms with Gasteiger partial charge in [-0.15, -0.1) is 0 Å². The van der Waals surface area contributed by atoms with Crippen LogP contribution in [-0.2, 0) is 71.5 Å². The molecule has 5 rings (SSSR count). The number of benzene rings is 2. The zero-order chi connectivity index (χ0) is 47.5. The van der Waals surface area contributed by atoms with E-state index in [9.17, 15) is 74.4 Å². The predicted molar refractivity (Wildman–Crippen MR) is 224 cm³/mol. The maximum absolute atomic E-state index is 14.0. The fourth-order valence-corrected chi connectivity index (χ4v) is 9.15. The standard InChI is InChI=1S/C36H41N3O20S5/c1-2-57-35(41)36(34(40)37-13-18-62(48,49)50)22-24(5-11-32-38(14-3-16-60(42,43)44)28-9-7-26(63(51,52)53)20-30(28)58-32)19-25(23-36)6-12-33-39(15-4-17-61(45,46)47)29-10-8-27(64(54,55)56)21-31(29)59-33/h5-12,19-21H,2-4,13-18,22-23H2,1H3,(H5-,37,40,42,43,44,45,46,47,48,49,50,51,52,53,54,55,56)/p+1. The van der Waals surface area contributed by atoms with Gasteiger partial charge in [-0.3, -0.25) is 32.4 Å². The van der Waals surface area contributed by atoms with E-state index in [0.29, 0.717) is 0 Å². The minimum Gasteiger partial charge on any atom is -0.465 e. The Balaban J connectivity index is 1.65. The molecule has 64 heavy (non-hydrogen) atoms. The Morgan fingerprint density at radius 2 is 1.44 bits per heavy atom. The highest BCUT2D eigenvalue weighted by molar-refractivity contribution is 7.86. The van der Waals surface area contributed by atoms with E-state index in [1.807, 2.05) is 0 Å². The number of oxazole rings is 1. The van der Waals surface area contributed by atoms with Crippen LogP contribution in [0.5, 0.6) is 5.75 Å². The second kappa shape index (κ2) is 19.2. The number of amides is 1. The SMILES string of the molecule is CCOC(=O)C1(C(=O)NCCS(=O)(=O)O)CC(/C=C/c2oc3cc(S(=O)(=O)O)ccc3[n+]2CCCS(=O)(=O)O)=CC(=C/C=C2\Oc3cc(S(=O)(=O)O)ccc3N2CCCS(=O)(=O)O)/C1. The summed E-state index contributed by atoms with van der Waals surface area (Å²) < 4.78 is 182. The lowest BCUT2D eigenvalue weighted by molar-refractivity contribution is -0.677. The van der Waals surface area contributed by atoms with E-state index in [2.05, 4.69) is 5.32 Å². The number of nitrogens with one attached hydrogen (secondary N) is 1. The van der Waals surface area contributed by atoms with Gasteiger partial charge in [0.05, 0.1) is 45.4 Å². The van der Waals surface area contributed by atoms with E-state index in [-0.39, 0.29) is 78.0 Å². The van der Waals surface area contributed by atoms with Gasteiger partial charge in [0.25, 0.3) is 56.1 Å². The smallest absolute Gasteiger partial charge is 0.374 e. The van der Waals surface area contributed by atoms with E-state index in [0.717, 1.165) is 24.3 Å². The molecular formula is C36H42N3O20S5+. The number of allylic oxidation sites excluding steroid dienone is 6. The van der Waals surface area contributed by atoms with Crippen LogP contribution in [-0.4, -0.2) is 114 Å². The second-order valence-corrected chi connectivity index (χ2v) is 21.9. The van der Waals surface area contributed by atoms with Crippen LogP contribution in [0.3, 0.4) is 0 Å². The molecule has 1 aliphatic carbocycles. The molecule has 0 radical (unpaired) electrons.